The highest BCUT2D eigenvalue weighted by Gasteiger charge is 2.15. The van der Waals surface area contributed by atoms with Gasteiger partial charge in [0.05, 0.1) is 0 Å². The van der Waals surface area contributed by atoms with E-state index in [9.17, 15) is 9.18 Å². The Labute approximate surface area is 126 Å². The highest BCUT2D eigenvalue weighted by atomic mass is 79.9. The molecule has 106 valence electrons. The molecule has 0 unspecified atom stereocenters. The van der Waals surface area contributed by atoms with Gasteiger partial charge >= 0.3 is 6.01 Å². The average Bonchev–Trinajstić information content (AvgIpc) is 3.07. The third-order valence-corrected chi connectivity index (χ3v) is 2.94. The Kier molecular flexibility index (Phi) is 3.53. The van der Waals surface area contributed by atoms with E-state index in [2.05, 4.69) is 31.4 Å². The van der Waals surface area contributed by atoms with Crippen molar-refractivity contribution in [2.24, 2.45) is 0 Å². The third kappa shape index (κ3) is 3.00. The number of benzene rings is 1. The van der Waals surface area contributed by atoms with Crippen LogP contribution in [0.2, 0.25) is 0 Å². The van der Waals surface area contributed by atoms with E-state index in [1.165, 1.54) is 18.2 Å². The van der Waals surface area contributed by atoms with E-state index >= 15 is 0 Å². The SMILES string of the molecule is O=C(Nc1nnc(-c2ccc(Br)o2)o1)c1cccc(F)c1. The second kappa shape index (κ2) is 5.49. The van der Waals surface area contributed by atoms with Crippen LogP contribution in [0.1, 0.15) is 10.4 Å². The summed E-state index contributed by atoms with van der Waals surface area (Å²) in [5, 5.41) is 9.80. The smallest absolute Gasteiger partial charge is 0.322 e. The second-order valence-corrected chi connectivity index (χ2v) is 4.76. The van der Waals surface area contributed by atoms with Crippen LogP contribution in [0.5, 0.6) is 0 Å². The molecule has 0 saturated carbocycles. The van der Waals surface area contributed by atoms with Crippen LogP contribution in [0.15, 0.2) is 49.9 Å². The maximum Gasteiger partial charge on any atom is 0.322 e. The molecule has 0 aliphatic rings. The normalized spacial score (nSPS) is 10.6. The Morgan fingerprint density at radius 2 is 2.05 bits per heavy atom. The summed E-state index contributed by atoms with van der Waals surface area (Å²) < 4.78 is 24.0. The molecule has 1 amide bonds. The molecule has 0 bridgehead atoms. The first-order valence-corrected chi connectivity index (χ1v) is 6.57. The lowest BCUT2D eigenvalue weighted by Crippen LogP contribution is -2.12. The van der Waals surface area contributed by atoms with Crippen LogP contribution in [-0.4, -0.2) is 16.1 Å². The molecule has 3 rings (SSSR count). The van der Waals surface area contributed by atoms with Gasteiger partial charge in [0.1, 0.15) is 5.82 Å². The number of carbonyl (C=O) groups excluding carboxylic acids is 1. The van der Waals surface area contributed by atoms with Gasteiger partial charge in [0, 0.05) is 5.56 Å². The lowest BCUT2D eigenvalue weighted by atomic mass is 10.2. The first kappa shape index (κ1) is 13.5. The highest BCUT2D eigenvalue weighted by molar-refractivity contribution is 9.10. The van der Waals surface area contributed by atoms with Gasteiger partial charge in [0.25, 0.3) is 11.8 Å². The first-order valence-electron chi connectivity index (χ1n) is 5.78. The summed E-state index contributed by atoms with van der Waals surface area (Å²) in [4.78, 5) is 11.9. The highest BCUT2D eigenvalue weighted by Crippen LogP contribution is 2.25. The predicted octanol–water partition coefficient (Wildman–Crippen LogP) is 3.48. The largest absolute Gasteiger partial charge is 0.444 e. The van der Waals surface area contributed by atoms with E-state index in [0.717, 1.165) is 6.07 Å². The van der Waals surface area contributed by atoms with Crippen LogP contribution in [0, 0.1) is 5.82 Å². The molecule has 0 spiro atoms. The fourth-order valence-corrected chi connectivity index (χ4v) is 1.91. The molecule has 2 aromatic heterocycles. The Morgan fingerprint density at radius 1 is 1.19 bits per heavy atom. The van der Waals surface area contributed by atoms with Crippen LogP contribution < -0.4 is 5.32 Å². The first-order chi connectivity index (χ1) is 10.1. The number of halogens is 2. The molecule has 0 saturated heterocycles. The fourth-order valence-electron chi connectivity index (χ4n) is 1.60. The van der Waals surface area contributed by atoms with E-state index in [4.69, 9.17) is 8.83 Å². The van der Waals surface area contributed by atoms with Crippen LogP contribution in [0.4, 0.5) is 10.4 Å². The Bertz CT molecular complexity index is 799. The maximum absolute atomic E-state index is 13.0. The molecule has 0 aliphatic carbocycles. The van der Waals surface area contributed by atoms with Gasteiger partial charge in [-0.25, -0.2) is 4.39 Å². The van der Waals surface area contributed by atoms with Gasteiger partial charge in [-0.2, -0.15) is 0 Å². The van der Waals surface area contributed by atoms with Crippen molar-refractivity contribution >= 4 is 27.9 Å². The van der Waals surface area contributed by atoms with E-state index in [-0.39, 0.29) is 17.5 Å². The summed E-state index contributed by atoms with van der Waals surface area (Å²) in [7, 11) is 0. The van der Waals surface area contributed by atoms with Gasteiger partial charge < -0.3 is 8.83 Å². The molecule has 1 N–H and O–H groups in total. The number of amides is 1. The Morgan fingerprint density at radius 3 is 2.76 bits per heavy atom. The fraction of sp³-hybridized carbons (Fsp3) is 0. The molecular weight excluding hydrogens is 345 g/mol. The molecule has 0 aliphatic heterocycles. The van der Waals surface area contributed by atoms with Crippen molar-refractivity contribution < 1.29 is 18.0 Å². The third-order valence-electron chi connectivity index (χ3n) is 2.52. The van der Waals surface area contributed by atoms with Crippen molar-refractivity contribution in [1.82, 2.24) is 10.2 Å². The lowest BCUT2D eigenvalue weighted by Gasteiger charge is -1.99. The second-order valence-electron chi connectivity index (χ2n) is 3.98. The average molecular weight is 352 g/mol. The molecule has 0 fully saturated rings. The van der Waals surface area contributed by atoms with E-state index in [1.807, 2.05) is 0 Å². The molecule has 8 heteroatoms. The maximum atomic E-state index is 13.0. The summed E-state index contributed by atoms with van der Waals surface area (Å²) in [6.07, 6.45) is 0. The number of carbonyl (C=O) groups is 1. The van der Waals surface area contributed by atoms with Crippen molar-refractivity contribution in [1.29, 1.82) is 0 Å². The van der Waals surface area contributed by atoms with Gasteiger partial charge in [-0.15, -0.1) is 5.10 Å². The number of anilines is 1. The molecule has 3 aromatic rings. The zero-order valence-electron chi connectivity index (χ0n) is 10.3. The standard InChI is InChI=1S/C13H7BrFN3O3/c14-10-5-4-9(20-10)12-17-18-13(21-12)16-11(19)7-2-1-3-8(15)6-7/h1-6H,(H,16,18,19). The Hall–Kier alpha value is -2.48. The van der Waals surface area contributed by atoms with Crippen LogP contribution >= 0.6 is 15.9 Å². The van der Waals surface area contributed by atoms with Gasteiger partial charge in [-0.3, -0.25) is 10.1 Å². The van der Waals surface area contributed by atoms with Crippen LogP contribution in [0.25, 0.3) is 11.7 Å². The summed E-state index contributed by atoms with van der Waals surface area (Å²) in [6, 6.07) is 8.46. The lowest BCUT2D eigenvalue weighted by molar-refractivity contribution is 0.102. The van der Waals surface area contributed by atoms with Crippen LogP contribution in [-0.2, 0) is 0 Å². The van der Waals surface area contributed by atoms with Crippen molar-refractivity contribution in [2.75, 3.05) is 5.32 Å². The minimum absolute atomic E-state index is 0.105. The van der Waals surface area contributed by atoms with Gasteiger partial charge in [-0.1, -0.05) is 11.2 Å². The summed E-state index contributed by atoms with van der Waals surface area (Å²) in [6.45, 7) is 0. The summed E-state index contributed by atoms with van der Waals surface area (Å²) in [5.74, 6) is -0.574. The van der Waals surface area contributed by atoms with Crippen molar-refractivity contribution in [2.45, 2.75) is 0 Å². The van der Waals surface area contributed by atoms with Crippen molar-refractivity contribution in [3.05, 3.63) is 52.4 Å². The molecule has 6 nitrogen and oxygen atoms in total. The summed E-state index contributed by atoms with van der Waals surface area (Å²) in [5.41, 5.74) is 0.149. The number of aromatic nitrogens is 2. The molecular formula is C13H7BrFN3O3. The minimum atomic E-state index is -0.551. The van der Waals surface area contributed by atoms with Gasteiger partial charge in [-0.05, 0) is 46.3 Å². The molecule has 1 aromatic carbocycles. The number of hydrogen-bond acceptors (Lipinski definition) is 5. The summed E-state index contributed by atoms with van der Waals surface area (Å²) >= 11 is 3.15. The number of rotatable bonds is 3. The zero-order valence-corrected chi connectivity index (χ0v) is 11.9. The minimum Gasteiger partial charge on any atom is -0.444 e. The van der Waals surface area contributed by atoms with Gasteiger partial charge in [0.2, 0.25) is 0 Å². The van der Waals surface area contributed by atoms with E-state index < -0.39 is 11.7 Å². The molecule has 0 atom stereocenters. The quantitative estimate of drug-likeness (QED) is 0.781. The van der Waals surface area contributed by atoms with Crippen molar-refractivity contribution in [3.8, 4) is 11.7 Å². The van der Waals surface area contributed by atoms with Crippen molar-refractivity contribution in [3.63, 3.8) is 0 Å². The van der Waals surface area contributed by atoms with Gasteiger partial charge in [0.15, 0.2) is 10.4 Å². The Balaban J connectivity index is 1.77. The van der Waals surface area contributed by atoms with Crippen LogP contribution in [0.3, 0.4) is 0 Å². The molecule has 2 heterocycles. The zero-order chi connectivity index (χ0) is 14.8. The number of nitrogens with one attached hydrogen (secondary N) is 1. The number of furan rings is 1. The predicted molar refractivity (Wildman–Crippen MR) is 74.1 cm³/mol. The number of hydrogen-bond donors (Lipinski definition) is 1. The number of nitrogens with zero attached hydrogens (tertiary/aromatic N) is 2. The monoisotopic (exact) mass is 351 g/mol. The molecule has 0 radical (unpaired) electrons. The topological polar surface area (TPSA) is 81.2 Å². The van der Waals surface area contributed by atoms with E-state index in [1.54, 1.807) is 12.1 Å². The van der Waals surface area contributed by atoms with E-state index in [0.29, 0.717) is 10.4 Å². The molecule has 21 heavy (non-hydrogen) atoms.